The Bertz CT molecular complexity index is 1080. The molecule has 0 saturated heterocycles. The van der Waals surface area contributed by atoms with Crippen molar-refractivity contribution in [2.24, 2.45) is 7.05 Å². The Morgan fingerprint density at radius 2 is 2.04 bits per heavy atom. The number of hydrogen-bond donors (Lipinski definition) is 1. The summed E-state index contributed by atoms with van der Waals surface area (Å²) >= 11 is 1.41. The monoisotopic (exact) mass is 386 g/mol. The zero-order chi connectivity index (χ0) is 19.6. The molecule has 0 bridgehead atoms. The summed E-state index contributed by atoms with van der Waals surface area (Å²) in [5.74, 6) is 0.920. The third kappa shape index (κ3) is 3.52. The molecule has 2 heterocycles. The van der Waals surface area contributed by atoms with Gasteiger partial charge in [-0.25, -0.2) is 9.78 Å². The molecular weight excluding hydrogens is 364 g/mol. The predicted octanol–water partition coefficient (Wildman–Crippen LogP) is 2.73. The largest absolute Gasteiger partial charge is 0.494 e. The van der Waals surface area contributed by atoms with Crippen molar-refractivity contribution in [2.75, 3.05) is 12.3 Å². The first kappa shape index (κ1) is 18.9. The van der Waals surface area contributed by atoms with Crippen molar-refractivity contribution >= 4 is 17.2 Å². The van der Waals surface area contributed by atoms with E-state index in [0.29, 0.717) is 18.8 Å². The summed E-state index contributed by atoms with van der Waals surface area (Å²) in [7, 11) is 1.46. The molecule has 8 heteroatoms. The van der Waals surface area contributed by atoms with Gasteiger partial charge in [-0.15, -0.1) is 11.3 Å². The number of benzene rings is 1. The first-order valence-electron chi connectivity index (χ1n) is 8.76. The van der Waals surface area contributed by atoms with Gasteiger partial charge in [0.2, 0.25) is 0 Å². The fourth-order valence-corrected chi connectivity index (χ4v) is 3.68. The molecule has 0 radical (unpaired) electrons. The summed E-state index contributed by atoms with van der Waals surface area (Å²) in [4.78, 5) is 29.6. The van der Waals surface area contributed by atoms with E-state index in [0.717, 1.165) is 27.3 Å². The smallest absolute Gasteiger partial charge is 0.332 e. The van der Waals surface area contributed by atoms with Gasteiger partial charge in [0, 0.05) is 24.5 Å². The van der Waals surface area contributed by atoms with E-state index in [2.05, 4.69) is 4.98 Å². The van der Waals surface area contributed by atoms with Crippen LogP contribution >= 0.6 is 11.3 Å². The number of nitrogen functional groups attached to an aromatic ring is 1. The van der Waals surface area contributed by atoms with Crippen LogP contribution in [0.4, 0.5) is 5.82 Å². The third-order valence-electron chi connectivity index (χ3n) is 4.18. The van der Waals surface area contributed by atoms with E-state index < -0.39 is 11.2 Å². The van der Waals surface area contributed by atoms with Crippen LogP contribution in [0.15, 0.2) is 39.2 Å². The highest BCUT2D eigenvalue weighted by Gasteiger charge is 2.19. The molecule has 0 atom stereocenters. The highest BCUT2D eigenvalue weighted by Crippen LogP contribution is 2.31. The Kier molecular flexibility index (Phi) is 5.46. The Hall–Kier alpha value is -2.87. The molecule has 0 spiro atoms. The van der Waals surface area contributed by atoms with Gasteiger partial charge in [-0.2, -0.15) is 0 Å². The van der Waals surface area contributed by atoms with Crippen molar-refractivity contribution in [3.63, 3.8) is 0 Å². The summed E-state index contributed by atoms with van der Waals surface area (Å²) in [6, 6.07) is 7.63. The number of nitrogens with zero attached hydrogens (tertiary/aromatic N) is 3. The van der Waals surface area contributed by atoms with Crippen LogP contribution in [0.3, 0.4) is 0 Å². The molecular formula is C19H22N4O3S. The first-order valence-corrected chi connectivity index (χ1v) is 9.64. The van der Waals surface area contributed by atoms with Gasteiger partial charge in [-0.3, -0.25) is 13.9 Å². The average Bonchev–Trinajstić information content (AvgIpc) is 3.14. The molecule has 3 aromatic rings. The fraction of sp³-hybridized carbons (Fsp3) is 0.316. The van der Waals surface area contributed by atoms with Crippen molar-refractivity contribution in [2.45, 2.75) is 26.8 Å². The van der Waals surface area contributed by atoms with Crippen LogP contribution in [0.25, 0.3) is 21.8 Å². The topological polar surface area (TPSA) is 92.1 Å². The summed E-state index contributed by atoms with van der Waals surface area (Å²) in [6.45, 7) is 4.90. The van der Waals surface area contributed by atoms with Crippen LogP contribution in [0, 0.1) is 0 Å². The molecule has 142 valence electrons. The van der Waals surface area contributed by atoms with Crippen molar-refractivity contribution < 1.29 is 4.74 Å². The highest BCUT2D eigenvalue weighted by atomic mass is 32.1. The van der Waals surface area contributed by atoms with Crippen LogP contribution in [0.1, 0.15) is 20.3 Å². The molecule has 27 heavy (non-hydrogen) atoms. The third-order valence-corrected chi connectivity index (χ3v) is 5.07. The molecule has 0 saturated carbocycles. The molecule has 0 unspecified atom stereocenters. The second-order valence-corrected chi connectivity index (χ2v) is 6.92. The zero-order valence-corrected chi connectivity index (χ0v) is 16.4. The van der Waals surface area contributed by atoms with E-state index in [1.165, 1.54) is 23.0 Å². The zero-order valence-electron chi connectivity index (χ0n) is 15.6. The molecule has 0 amide bonds. The number of hydrogen-bond acceptors (Lipinski definition) is 6. The highest BCUT2D eigenvalue weighted by molar-refractivity contribution is 7.13. The minimum Gasteiger partial charge on any atom is -0.494 e. The molecule has 7 nitrogen and oxygen atoms in total. The van der Waals surface area contributed by atoms with Crippen molar-refractivity contribution in [3.8, 4) is 27.6 Å². The normalized spacial score (nSPS) is 10.9. The lowest BCUT2D eigenvalue weighted by Crippen LogP contribution is -2.40. The van der Waals surface area contributed by atoms with Crippen LogP contribution in [-0.4, -0.2) is 20.7 Å². The molecule has 0 fully saturated rings. The standard InChI is InChI=1S/C19H22N4O3S/c1-4-9-23-16(20)15(18(24)22(3)19(23)25)14-11-27-17(21-14)12-7-6-8-13(10-12)26-5-2/h6-8,10-11H,4-5,9,20H2,1-3H3. The molecule has 0 aliphatic rings. The molecule has 0 aliphatic heterocycles. The van der Waals surface area contributed by atoms with Crippen LogP contribution in [0.2, 0.25) is 0 Å². The van der Waals surface area contributed by atoms with Gasteiger partial charge in [0.15, 0.2) is 0 Å². The van der Waals surface area contributed by atoms with Gasteiger partial charge in [0.1, 0.15) is 22.1 Å². The van der Waals surface area contributed by atoms with Gasteiger partial charge >= 0.3 is 5.69 Å². The maximum atomic E-state index is 12.7. The second-order valence-electron chi connectivity index (χ2n) is 6.06. The van der Waals surface area contributed by atoms with Crippen LogP contribution in [0.5, 0.6) is 5.75 Å². The Balaban J connectivity index is 2.11. The van der Waals surface area contributed by atoms with E-state index in [-0.39, 0.29) is 11.4 Å². The Morgan fingerprint density at radius 3 is 2.74 bits per heavy atom. The minimum absolute atomic E-state index is 0.157. The molecule has 1 aromatic carbocycles. The van der Waals surface area contributed by atoms with E-state index in [4.69, 9.17) is 10.5 Å². The summed E-state index contributed by atoms with van der Waals surface area (Å²) in [6.07, 6.45) is 0.730. The number of anilines is 1. The number of ether oxygens (including phenoxy) is 1. The van der Waals surface area contributed by atoms with Gasteiger partial charge in [-0.1, -0.05) is 19.1 Å². The van der Waals surface area contributed by atoms with Gasteiger partial charge in [0.05, 0.1) is 12.3 Å². The van der Waals surface area contributed by atoms with Gasteiger partial charge < -0.3 is 10.5 Å². The maximum Gasteiger partial charge on any atom is 0.332 e. The summed E-state index contributed by atoms with van der Waals surface area (Å²) < 4.78 is 8.04. The summed E-state index contributed by atoms with van der Waals surface area (Å²) in [5, 5.41) is 2.54. The molecule has 2 aromatic heterocycles. The number of rotatable bonds is 6. The number of nitrogens with two attached hydrogens (primary N) is 1. The van der Waals surface area contributed by atoms with Crippen LogP contribution < -0.4 is 21.7 Å². The van der Waals surface area contributed by atoms with E-state index in [1.54, 1.807) is 5.38 Å². The van der Waals surface area contributed by atoms with Gasteiger partial charge in [-0.05, 0) is 25.5 Å². The lowest BCUT2D eigenvalue weighted by Gasteiger charge is -2.13. The van der Waals surface area contributed by atoms with Crippen molar-refractivity contribution in [1.82, 2.24) is 14.1 Å². The average molecular weight is 386 g/mol. The predicted molar refractivity (Wildman–Crippen MR) is 108 cm³/mol. The van der Waals surface area contributed by atoms with Crippen LogP contribution in [-0.2, 0) is 13.6 Å². The minimum atomic E-state index is -0.440. The molecule has 0 aliphatic carbocycles. The second kappa shape index (κ2) is 7.79. The maximum absolute atomic E-state index is 12.7. The number of thiazole rings is 1. The van der Waals surface area contributed by atoms with Gasteiger partial charge in [0.25, 0.3) is 5.56 Å². The Morgan fingerprint density at radius 1 is 1.26 bits per heavy atom. The first-order chi connectivity index (χ1) is 13.0. The quantitative estimate of drug-likeness (QED) is 0.703. The fourth-order valence-electron chi connectivity index (χ4n) is 2.87. The molecule has 3 rings (SSSR count). The van der Waals surface area contributed by atoms with E-state index in [9.17, 15) is 9.59 Å². The van der Waals surface area contributed by atoms with Crippen molar-refractivity contribution in [3.05, 3.63) is 50.5 Å². The molecule has 2 N–H and O–H groups in total. The van der Waals surface area contributed by atoms with E-state index in [1.807, 2.05) is 38.1 Å². The summed E-state index contributed by atoms with van der Waals surface area (Å²) in [5.41, 5.74) is 6.95. The lowest BCUT2D eigenvalue weighted by molar-refractivity contribution is 0.340. The van der Waals surface area contributed by atoms with Crippen molar-refractivity contribution in [1.29, 1.82) is 0 Å². The Labute approximate surface area is 160 Å². The number of aromatic nitrogens is 3. The SMILES string of the molecule is CCCn1c(N)c(-c2csc(-c3cccc(OCC)c3)n2)c(=O)n(C)c1=O. The van der Waals surface area contributed by atoms with E-state index >= 15 is 0 Å². The lowest BCUT2D eigenvalue weighted by atomic mass is 10.2.